The molecule has 140 valence electrons. The number of carbonyl (C=O) groups excluding carboxylic acids is 1. The first-order chi connectivity index (χ1) is 13.5. The maximum absolute atomic E-state index is 13.1. The molecular weight excluding hydrogens is 354 g/mol. The minimum absolute atomic E-state index is 0.177. The Morgan fingerprint density at radius 1 is 1.04 bits per heavy atom. The molecule has 0 aliphatic heterocycles. The number of nitrogens with zero attached hydrogens (tertiary/aromatic N) is 4. The Labute approximate surface area is 161 Å². The highest BCUT2D eigenvalue weighted by Crippen LogP contribution is 2.19. The van der Waals surface area contributed by atoms with E-state index in [1.807, 2.05) is 49.4 Å². The zero-order valence-corrected chi connectivity index (χ0v) is 15.6. The van der Waals surface area contributed by atoms with Crippen molar-refractivity contribution in [2.45, 2.75) is 20.4 Å². The number of anilines is 1. The van der Waals surface area contributed by atoms with Crippen molar-refractivity contribution in [3.63, 3.8) is 0 Å². The molecule has 2 aromatic carbocycles. The van der Waals surface area contributed by atoms with Gasteiger partial charge in [0.25, 0.3) is 5.56 Å². The molecule has 0 saturated heterocycles. The van der Waals surface area contributed by atoms with Crippen molar-refractivity contribution in [3.8, 4) is 5.69 Å². The number of carbonyl (C=O) groups is 1. The summed E-state index contributed by atoms with van der Waals surface area (Å²) in [6.45, 7) is 3.59. The molecule has 1 amide bonds. The molecule has 0 aliphatic rings. The Morgan fingerprint density at radius 2 is 1.75 bits per heavy atom. The lowest BCUT2D eigenvalue weighted by Crippen LogP contribution is -2.31. The molecule has 2 aromatic heterocycles. The van der Waals surface area contributed by atoms with Crippen LogP contribution in [0.5, 0.6) is 0 Å². The van der Waals surface area contributed by atoms with Crippen LogP contribution in [0.1, 0.15) is 11.3 Å². The first kappa shape index (κ1) is 17.7. The largest absolute Gasteiger partial charge is 0.324 e. The van der Waals surface area contributed by atoms with Gasteiger partial charge in [0.2, 0.25) is 5.91 Å². The summed E-state index contributed by atoms with van der Waals surface area (Å²) in [5.41, 5.74) is 3.18. The van der Waals surface area contributed by atoms with Crippen molar-refractivity contribution in [3.05, 3.63) is 82.4 Å². The molecule has 2 heterocycles. The quantitative estimate of drug-likeness (QED) is 0.596. The summed E-state index contributed by atoms with van der Waals surface area (Å²) in [7, 11) is 0. The Morgan fingerprint density at radius 3 is 2.50 bits per heavy atom. The lowest BCUT2D eigenvalue weighted by atomic mass is 10.2. The molecule has 4 rings (SSSR count). The first-order valence-electron chi connectivity index (χ1n) is 8.91. The molecule has 0 saturated carbocycles. The zero-order chi connectivity index (χ0) is 19.7. The van der Waals surface area contributed by atoms with E-state index in [0.29, 0.717) is 22.3 Å². The summed E-state index contributed by atoms with van der Waals surface area (Å²) in [5.74, 6) is -0.318. The fourth-order valence-corrected chi connectivity index (χ4v) is 3.17. The normalized spacial score (nSPS) is 10.9. The number of rotatable bonds is 4. The van der Waals surface area contributed by atoms with Gasteiger partial charge in [0, 0.05) is 11.1 Å². The molecular formula is C21H19N5O2. The minimum atomic E-state index is -0.357. The van der Waals surface area contributed by atoms with Gasteiger partial charge in [-0.1, -0.05) is 36.4 Å². The van der Waals surface area contributed by atoms with Crippen LogP contribution in [-0.2, 0) is 11.3 Å². The zero-order valence-electron chi connectivity index (χ0n) is 15.6. The van der Waals surface area contributed by atoms with Crippen molar-refractivity contribution in [2.24, 2.45) is 0 Å². The van der Waals surface area contributed by atoms with E-state index in [2.05, 4.69) is 15.5 Å². The van der Waals surface area contributed by atoms with E-state index in [0.717, 1.165) is 11.3 Å². The van der Waals surface area contributed by atoms with Gasteiger partial charge in [-0.2, -0.15) is 10.2 Å². The molecule has 0 atom stereocenters. The summed E-state index contributed by atoms with van der Waals surface area (Å²) < 4.78 is 2.81. The van der Waals surface area contributed by atoms with E-state index >= 15 is 0 Å². The average molecular weight is 373 g/mol. The van der Waals surface area contributed by atoms with Crippen LogP contribution < -0.4 is 10.9 Å². The molecule has 0 aliphatic carbocycles. The van der Waals surface area contributed by atoms with Crippen molar-refractivity contribution >= 4 is 22.5 Å². The third kappa shape index (κ3) is 3.18. The van der Waals surface area contributed by atoms with Gasteiger partial charge in [-0.25, -0.2) is 9.36 Å². The molecule has 28 heavy (non-hydrogen) atoms. The molecule has 1 N–H and O–H groups in total. The summed E-state index contributed by atoms with van der Waals surface area (Å²) in [6.07, 6.45) is 1.64. The highest BCUT2D eigenvalue weighted by molar-refractivity contribution is 5.90. The SMILES string of the molecule is Cc1ccccc1-n1ncc2c(C)nn(CC(=O)Nc3ccccc3)c(=O)c21. The van der Waals surface area contributed by atoms with Crippen LogP contribution >= 0.6 is 0 Å². The fourth-order valence-electron chi connectivity index (χ4n) is 3.17. The maximum atomic E-state index is 13.1. The van der Waals surface area contributed by atoms with E-state index in [9.17, 15) is 9.59 Å². The molecule has 0 radical (unpaired) electrons. The van der Waals surface area contributed by atoms with Gasteiger partial charge in [0.15, 0.2) is 0 Å². The number of fused-ring (bicyclic) bond motifs is 1. The topological polar surface area (TPSA) is 81.8 Å². The second-order valence-electron chi connectivity index (χ2n) is 6.57. The van der Waals surface area contributed by atoms with Crippen LogP contribution in [-0.4, -0.2) is 25.5 Å². The van der Waals surface area contributed by atoms with Crippen molar-refractivity contribution in [2.75, 3.05) is 5.32 Å². The monoisotopic (exact) mass is 373 g/mol. The number of para-hydroxylation sites is 2. The van der Waals surface area contributed by atoms with Gasteiger partial charge in [0.05, 0.1) is 17.6 Å². The minimum Gasteiger partial charge on any atom is -0.324 e. The smallest absolute Gasteiger partial charge is 0.293 e. The highest BCUT2D eigenvalue weighted by atomic mass is 16.2. The lowest BCUT2D eigenvalue weighted by Gasteiger charge is -2.10. The predicted octanol–water partition coefficient (Wildman–Crippen LogP) is 2.84. The molecule has 4 aromatic rings. The number of aryl methyl sites for hydroxylation is 2. The Kier molecular flexibility index (Phi) is 4.49. The molecule has 0 fully saturated rings. The molecule has 0 spiro atoms. The van der Waals surface area contributed by atoms with Gasteiger partial charge in [-0.15, -0.1) is 0 Å². The Hall–Kier alpha value is -3.74. The third-order valence-electron chi connectivity index (χ3n) is 4.56. The van der Waals surface area contributed by atoms with E-state index in [-0.39, 0.29) is 18.0 Å². The van der Waals surface area contributed by atoms with Crippen LogP contribution in [0.2, 0.25) is 0 Å². The number of hydrogen-bond acceptors (Lipinski definition) is 4. The standard InChI is InChI=1S/C21H19N5O2/c1-14-8-6-7-11-18(14)26-20-17(12-22-26)15(2)24-25(21(20)28)13-19(27)23-16-9-4-3-5-10-16/h3-12H,13H2,1-2H3,(H,23,27). The summed E-state index contributed by atoms with van der Waals surface area (Å²) >= 11 is 0. The van der Waals surface area contributed by atoms with Crippen LogP contribution in [0.4, 0.5) is 5.69 Å². The number of benzene rings is 2. The van der Waals surface area contributed by atoms with Crippen molar-refractivity contribution in [1.29, 1.82) is 0 Å². The second-order valence-corrected chi connectivity index (χ2v) is 6.57. The summed E-state index contributed by atoms with van der Waals surface area (Å²) in [5, 5.41) is 12.1. The highest BCUT2D eigenvalue weighted by Gasteiger charge is 2.17. The Balaban J connectivity index is 1.75. The first-order valence-corrected chi connectivity index (χ1v) is 8.91. The number of nitrogens with one attached hydrogen (secondary N) is 1. The predicted molar refractivity (Wildman–Crippen MR) is 108 cm³/mol. The van der Waals surface area contributed by atoms with Crippen LogP contribution in [0.3, 0.4) is 0 Å². The van der Waals surface area contributed by atoms with Gasteiger partial charge in [-0.3, -0.25) is 9.59 Å². The van der Waals surface area contributed by atoms with Gasteiger partial charge >= 0.3 is 0 Å². The van der Waals surface area contributed by atoms with E-state index in [4.69, 9.17) is 0 Å². The number of amides is 1. The Bertz CT molecular complexity index is 1220. The van der Waals surface area contributed by atoms with Gasteiger partial charge in [-0.05, 0) is 37.6 Å². The van der Waals surface area contributed by atoms with Crippen molar-refractivity contribution < 1.29 is 4.79 Å². The summed E-state index contributed by atoms with van der Waals surface area (Å²) in [6, 6.07) is 16.8. The fraction of sp³-hybridized carbons (Fsp3) is 0.143. The molecule has 7 nitrogen and oxygen atoms in total. The van der Waals surface area contributed by atoms with Gasteiger partial charge < -0.3 is 5.32 Å². The second kappa shape index (κ2) is 7.11. The number of hydrogen-bond donors (Lipinski definition) is 1. The van der Waals surface area contributed by atoms with Gasteiger partial charge in [0.1, 0.15) is 12.1 Å². The van der Waals surface area contributed by atoms with E-state index < -0.39 is 0 Å². The molecule has 0 bridgehead atoms. The number of aromatic nitrogens is 4. The third-order valence-corrected chi connectivity index (χ3v) is 4.56. The van der Waals surface area contributed by atoms with Crippen LogP contribution in [0.15, 0.2) is 65.6 Å². The van der Waals surface area contributed by atoms with Crippen LogP contribution in [0, 0.1) is 13.8 Å². The summed E-state index contributed by atoms with van der Waals surface area (Å²) in [4.78, 5) is 25.5. The lowest BCUT2D eigenvalue weighted by molar-refractivity contribution is -0.117. The van der Waals surface area contributed by atoms with Crippen LogP contribution in [0.25, 0.3) is 16.6 Å². The average Bonchev–Trinajstić information content (AvgIpc) is 3.13. The van der Waals surface area contributed by atoms with E-state index in [1.54, 1.807) is 29.9 Å². The van der Waals surface area contributed by atoms with Crippen molar-refractivity contribution in [1.82, 2.24) is 19.6 Å². The van der Waals surface area contributed by atoms with E-state index in [1.165, 1.54) is 4.68 Å². The molecule has 7 heteroatoms. The molecule has 0 unspecified atom stereocenters. The maximum Gasteiger partial charge on any atom is 0.293 e.